The molecule has 0 saturated heterocycles. The van der Waals surface area contributed by atoms with E-state index in [1.165, 1.54) is 128 Å². The number of carbonyl (C=O) groups excluding carboxylic acids is 2. The van der Waals surface area contributed by atoms with Crippen LogP contribution in [-0.2, 0) is 19.1 Å². The van der Waals surface area contributed by atoms with Crippen LogP contribution in [0.4, 0.5) is 0 Å². The first kappa shape index (κ1) is 44.8. The van der Waals surface area contributed by atoms with Crippen LogP contribution in [0.3, 0.4) is 0 Å². The number of rotatable bonds is 35. The summed E-state index contributed by atoms with van der Waals surface area (Å²) in [5.74, 6) is -0.932. The van der Waals surface area contributed by atoms with Gasteiger partial charge in [0.25, 0.3) is 0 Å². The quantitative estimate of drug-likeness (QED) is 0.0394. The number of aliphatic hydroxyl groups is 4. The first-order valence-corrected chi connectivity index (χ1v) is 19.4. The summed E-state index contributed by atoms with van der Waals surface area (Å²) in [4.78, 5) is 24.0. The summed E-state index contributed by atoms with van der Waals surface area (Å²) in [5, 5.41) is 40.6. The van der Waals surface area contributed by atoms with Crippen molar-refractivity contribution in [3.8, 4) is 0 Å². The lowest BCUT2D eigenvalue weighted by atomic mass is 10.0. The van der Waals surface area contributed by atoms with Crippen LogP contribution in [-0.4, -0.2) is 70.0 Å². The minimum absolute atomic E-state index is 0.237. The van der Waals surface area contributed by atoms with Crippen molar-refractivity contribution in [1.29, 1.82) is 0 Å². The fourth-order valence-corrected chi connectivity index (χ4v) is 5.73. The van der Waals surface area contributed by atoms with Crippen molar-refractivity contribution in [2.45, 2.75) is 218 Å². The van der Waals surface area contributed by atoms with Gasteiger partial charge in [-0.2, -0.15) is 0 Å². The molecular weight excluding hydrogens is 584 g/mol. The van der Waals surface area contributed by atoms with Crippen LogP contribution in [0.2, 0.25) is 0 Å². The maximum Gasteiger partial charge on any atom is 0.305 e. The minimum atomic E-state index is -1.75. The molecule has 274 valence electrons. The van der Waals surface area contributed by atoms with Gasteiger partial charge in [0.15, 0.2) is 0 Å². The van der Waals surface area contributed by atoms with Crippen molar-refractivity contribution < 1.29 is 39.5 Å². The molecule has 4 atom stereocenters. The standard InChI is InChI=1S/C38H74O8/c1-3-5-7-9-11-13-15-17-19-21-23-25-27-29-35(41)45-31-33(39)37(43)38(44)34(40)32-46-36(42)30-28-26-24-22-20-18-16-14-12-10-8-6-4-2/h33-34,37-40,43-44H,3-32H2,1-2H3/t33-,34-,37-,38-/m1/s1. The Morgan fingerprint density at radius 3 is 0.848 bits per heavy atom. The first-order valence-electron chi connectivity index (χ1n) is 19.4. The topological polar surface area (TPSA) is 134 Å². The summed E-state index contributed by atoms with van der Waals surface area (Å²) in [6.07, 6.45) is 25.4. The number of ether oxygens (including phenoxy) is 2. The summed E-state index contributed by atoms with van der Waals surface area (Å²) < 4.78 is 10.1. The molecule has 0 aliphatic rings. The fraction of sp³-hybridized carbons (Fsp3) is 0.947. The Kier molecular flexibility index (Phi) is 32.8. The molecule has 0 saturated carbocycles. The van der Waals surface area contributed by atoms with E-state index in [1.54, 1.807) is 0 Å². The molecule has 8 heteroatoms. The van der Waals surface area contributed by atoms with Gasteiger partial charge in [0.2, 0.25) is 0 Å². The third kappa shape index (κ3) is 29.0. The lowest BCUT2D eigenvalue weighted by molar-refractivity contribution is -0.162. The van der Waals surface area contributed by atoms with Gasteiger partial charge in [-0.05, 0) is 12.8 Å². The van der Waals surface area contributed by atoms with Crippen molar-refractivity contribution in [3.63, 3.8) is 0 Å². The van der Waals surface area contributed by atoms with Crippen LogP contribution in [0, 0.1) is 0 Å². The van der Waals surface area contributed by atoms with Crippen molar-refractivity contribution in [3.05, 3.63) is 0 Å². The van der Waals surface area contributed by atoms with E-state index in [0.29, 0.717) is 12.8 Å². The molecule has 8 nitrogen and oxygen atoms in total. The van der Waals surface area contributed by atoms with Crippen LogP contribution in [0.5, 0.6) is 0 Å². The molecule has 0 radical (unpaired) electrons. The van der Waals surface area contributed by atoms with Crippen LogP contribution in [0.25, 0.3) is 0 Å². The van der Waals surface area contributed by atoms with E-state index in [-0.39, 0.29) is 12.8 Å². The van der Waals surface area contributed by atoms with Crippen LogP contribution in [0.1, 0.15) is 194 Å². The highest BCUT2D eigenvalue weighted by atomic mass is 16.5. The van der Waals surface area contributed by atoms with Gasteiger partial charge >= 0.3 is 11.9 Å². The van der Waals surface area contributed by atoms with Crippen molar-refractivity contribution in [1.82, 2.24) is 0 Å². The van der Waals surface area contributed by atoms with Gasteiger partial charge in [0.1, 0.15) is 37.6 Å². The summed E-state index contributed by atoms with van der Waals surface area (Å²) in [6, 6.07) is 0. The highest BCUT2D eigenvalue weighted by Gasteiger charge is 2.31. The SMILES string of the molecule is CCCCCCCCCCCCCCCC(=O)OC[C@@H](O)[C@@H](O)[C@H](O)[C@H](O)COC(=O)CCCCCCCCCCCCCCC. The molecule has 0 aromatic rings. The summed E-state index contributed by atoms with van der Waals surface area (Å²) in [6.45, 7) is 3.51. The van der Waals surface area contributed by atoms with Crippen molar-refractivity contribution in [2.24, 2.45) is 0 Å². The molecule has 0 bridgehead atoms. The molecular formula is C38H74O8. The van der Waals surface area contributed by atoms with Crippen LogP contribution >= 0.6 is 0 Å². The second-order valence-electron chi connectivity index (χ2n) is 13.5. The van der Waals surface area contributed by atoms with Gasteiger partial charge in [0.05, 0.1) is 0 Å². The third-order valence-electron chi connectivity index (χ3n) is 8.94. The second-order valence-corrected chi connectivity index (χ2v) is 13.5. The predicted molar refractivity (Wildman–Crippen MR) is 187 cm³/mol. The number of unbranched alkanes of at least 4 members (excludes halogenated alkanes) is 24. The van der Waals surface area contributed by atoms with E-state index in [9.17, 15) is 30.0 Å². The van der Waals surface area contributed by atoms with Gasteiger partial charge < -0.3 is 29.9 Å². The molecule has 4 N–H and O–H groups in total. The summed E-state index contributed by atoms with van der Waals surface area (Å²) >= 11 is 0. The maximum absolute atomic E-state index is 12.0. The van der Waals surface area contributed by atoms with Gasteiger partial charge in [-0.15, -0.1) is 0 Å². The first-order chi connectivity index (χ1) is 22.3. The molecule has 0 aromatic carbocycles. The fourth-order valence-electron chi connectivity index (χ4n) is 5.73. The second kappa shape index (κ2) is 33.7. The van der Waals surface area contributed by atoms with Gasteiger partial charge in [-0.1, -0.05) is 168 Å². The number of hydrogen-bond donors (Lipinski definition) is 4. The van der Waals surface area contributed by atoms with Crippen LogP contribution in [0.15, 0.2) is 0 Å². The summed E-state index contributed by atoms with van der Waals surface area (Å²) in [7, 11) is 0. The zero-order valence-electron chi connectivity index (χ0n) is 29.9. The molecule has 46 heavy (non-hydrogen) atoms. The molecule has 0 aliphatic heterocycles. The average Bonchev–Trinajstić information content (AvgIpc) is 3.05. The zero-order chi connectivity index (χ0) is 34.1. The molecule has 0 fully saturated rings. The molecule has 0 rings (SSSR count). The van der Waals surface area contributed by atoms with Crippen molar-refractivity contribution in [2.75, 3.05) is 13.2 Å². The third-order valence-corrected chi connectivity index (χ3v) is 8.94. The molecule has 0 unspecified atom stereocenters. The molecule has 0 aliphatic carbocycles. The number of esters is 2. The lowest BCUT2D eigenvalue weighted by Gasteiger charge is -2.26. The number of carbonyl (C=O) groups is 2. The number of hydrogen-bond acceptors (Lipinski definition) is 8. The van der Waals surface area contributed by atoms with Gasteiger partial charge in [0, 0.05) is 12.8 Å². The van der Waals surface area contributed by atoms with Crippen LogP contribution < -0.4 is 0 Å². The van der Waals surface area contributed by atoms with E-state index < -0.39 is 49.6 Å². The van der Waals surface area contributed by atoms with E-state index in [4.69, 9.17) is 9.47 Å². The highest BCUT2D eigenvalue weighted by molar-refractivity contribution is 5.69. The lowest BCUT2D eigenvalue weighted by Crippen LogP contribution is -2.48. The highest BCUT2D eigenvalue weighted by Crippen LogP contribution is 2.15. The van der Waals surface area contributed by atoms with E-state index in [1.807, 2.05) is 0 Å². The molecule has 0 amide bonds. The minimum Gasteiger partial charge on any atom is -0.463 e. The Labute approximate surface area is 282 Å². The summed E-state index contributed by atoms with van der Waals surface area (Å²) in [5.41, 5.74) is 0. The Bertz CT molecular complexity index is 617. The molecule has 0 aromatic heterocycles. The Balaban J connectivity index is 3.74. The molecule has 0 heterocycles. The average molecular weight is 659 g/mol. The molecule has 0 spiro atoms. The Morgan fingerprint density at radius 2 is 0.609 bits per heavy atom. The maximum atomic E-state index is 12.0. The number of aliphatic hydroxyl groups excluding tert-OH is 4. The van der Waals surface area contributed by atoms with Gasteiger partial charge in [-0.3, -0.25) is 9.59 Å². The normalized spacial score (nSPS) is 14.1. The largest absolute Gasteiger partial charge is 0.463 e. The van der Waals surface area contributed by atoms with E-state index in [0.717, 1.165) is 25.7 Å². The van der Waals surface area contributed by atoms with Gasteiger partial charge in [-0.25, -0.2) is 0 Å². The van der Waals surface area contributed by atoms with E-state index in [2.05, 4.69) is 13.8 Å². The Hall–Kier alpha value is -1.22. The predicted octanol–water partition coefficient (Wildman–Crippen LogP) is 8.48. The Morgan fingerprint density at radius 1 is 0.391 bits per heavy atom. The smallest absolute Gasteiger partial charge is 0.305 e. The monoisotopic (exact) mass is 659 g/mol. The van der Waals surface area contributed by atoms with Crippen molar-refractivity contribution >= 4 is 11.9 Å². The zero-order valence-corrected chi connectivity index (χ0v) is 29.9. The van der Waals surface area contributed by atoms with E-state index >= 15 is 0 Å².